The van der Waals surface area contributed by atoms with Crippen LogP contribution < -0.4 is 0 Å². The van der Waals surface area contributed by atoms with Crippen molar-refractivity contribution >= 4 is 15.9 Å². The summed E-state index contributed by atoms with van der Waals surface area (Å²) in [4.78, 5) is 0. The van der Waals surface area contributed by atoms with Crippen molar-refractivity contribution in [1.82, 2.24) is 9.78 Å². The molecule has 2 rings (SSSR count). The van der Waals surface area contributed by atoms with Crippen molar-refractivity contribution in [2.24, 2.45) is 5.92 Å². The molecule has 0 radical (unpaired) electrons. The van der Waals surface area contributed by atoms with Crippen molar-refractivity contribution in [2.45, 2.75) is 31.7 Å². The van der Waals surface area contributed by atoms with Gasteiger partial charge in [-0.3, -0.25) is 4.68 Å². The predicted octanol–water partition coefficient (Wildman–Crippen LogP) is 2.41. The van der Waals surface area contributed by atoms with E-state index in [4.69, 9.17) is 4.74 Å². The summed E-state index contributed by atoms with van der Waals surface area (Å²) in [5, 5.41) is 4.16. The highest BCUT2D eigenvalue weighted by Gasteiger charge is 2.34. The van der Waals surface area contributed by atoms with Crippen LogP contribution in [-0.2, 0) is 11.3 Å². The maximum absolute atomic E-state index is 13.4. The van der Waals surface area contributed by atoms with Gasteiger partial charge in [-0.25, -0.2) is 4.39 Å². The van der Waals surface area contributed by atoms with Crippen molar-refractivity contribution in [3.05, 3.63) is 16.9 Å². The molecule has 5 heteroatoms. The second kappa shape index (κ2) is 4.61. The maximum atomic E-state index is 13.4. The monoisotopic (exact) mass is 276 g/mol. The third kappa shape index (κ3) is 2.58. The molecule has 1 saturated carbocycles. The number of methoxy groups -OCH3 is 1. The highest BCUT2D eigenvalue weighted by Crippen LogP contribution is 2.31. The highest BCUT2D eigenvalue weighted by molar-refractivity contribution is 9.10. The molecule has 0 saturated heterocycles. The summed E-state index contributed by atoms with van der Waals surface area (Å²) in [6.07, 6.45) is 3.97. The summed E-state index contributed by atoms with van der Waals surface area (Å²) in [5.74, 6) is 0.330. The van der Waals surface area contributed by atoms with E-state index in [1.165, 1.54) is 0 Å². The van der Waals surface area contributed by atoms with Crippen LogP contribution in [0.25, 0.3) is 0 Å². The molecule has 1 aromatic rings. The summed E-state index contributed by atoms with van der Waals surface area (Å²) in [7, 11) is 1.57. The number of aromatic nitrogens is 2. The molecular formula is C10H14BrFN2O. The third-order valence-corrected chi connectivity index (χ3v) is 3.29. The fourth-order valence-corrected chi connectivity index (χ4v) is 2.47. The van der Waals surface area contributed by atoms with Crippen molar-refractivity contribution in [2.75, 3.05) is 7.11 Å². The van der Waals surface area contributed by atoms with Crippen molar-refractivity contribution in [3.8, 4) is 0 Å². The molecule has 15 heavy (non-hydrogen) atoms. The molecule has 3 nitrogen and oxygen atoms in total. The number of hydrogen-bond acceptors (Lipinski definition) is 2. The van der Waals surface area contributed by atoms with Gasteiger partial charge in [-0.05, 0) is 34.7 Å². The number of hydrogen-bond donors (Lipinski definition) is 0. The van der Waals surface area contributed by atoms with Gasteiger partial charge in [0.2, 0.25) is 0 Å². The standard InChI is InChI=1S/C10H14BrFN2O/c1-15-10-3-7(2-9(10)12)5-14-6-8(11)4-13-14/h4,6-7,9-10H,2-3,5H2,1H3/t7?,9-,10-/m0/s1. The molecule has 0 bridgehead atoms. The lowest BCUT2D eigenvalue weighted by molar-refractivity contribution is 0.0519. The Kier molecular flexibility index (Phi) is 3.41. The first kappa shape index (κ1) is 11.1. The zero-order chi connectivity index (χ0) is 10.8. The lowest BCUT2D eigenvalue weighted by Crippen LogP contribution is -2.16. The van der Waals surface area contributed by atoms with E-state index in [9.17, 15) is 4.39 Å². The smallest absolute Gasteiger partial charge is 0.126 e. The Labute approximate surface area is 96.7 Å². The van der Waals surface area contributed by atoms with Crippen molar-refractivity contribution in [3.63, 3.8) is 0 Å². The van der Waals surface area contributed by atoms with Gasteiger partial charge in [-0.1, -0.05) is 0 Å². The second-order valence-electron chi connectivity index (χ2n) is 4.01. The Bertz CT molecular complexity index is 331. The average molecular weight is 277 g/mol. The quantitative estimate of drug-likeness (QED) is 0.848. The van der Waals surface area contributed by atoms with E-state index in [-0.39, 0.29) is 6.10 Å². The lowest BCUT2D eigenvalue weighted by atomic mass is 10.1. The molecule has 1 aliphatic rings. The molecule has 0 aliphatic heterocycles. The van der Waals surface area contributed by atoms with Crippen molar-refractivity contribution < 1.29 is 9.13 Å². The molecule has 0 aromatic carbocycles. The lowest BCUT2D eigenvalue weighted by Gasteiger charge is -2.09. The molecule has 1 fully saturated rings. The van der Waals surface area contributed by atoms with E-state index >= 15 is 0 Å². The number of rotatable bonds is 3. The largest absolute Gasteiger partial charge is 0.378 e. The van der Waals surface area contributed by atoms with Crippen LogP contribution in [0.2, 0.25) is 0 Å². The van der Waals surface area contributed by atoms with Gasteiger partial charge in [0, 0.05) is 19.9 Å². The zero-order valence-corrected chi connectivity index (χ0v) is 10.2. The molecule has 0 amide bonds. The Morgan fingerprint density at radius 3 is 3.00 bits per heavy atom. The van der Waals surface area contributed by atoms with E-state index in [0.29, 0.717) is 12.3 Å². The molecule has 84 valence electrons. The summed E-state index contributed by atoms with van der Waals surface area (Å²) in [6, 6.07) is 0. The van der Waals surface area contributed by atoms with Gasteiger partial charge in [-0.2, -0.15) is 5.10 Å². The van der Waals surface area contributed by atoms with Crippen LogP contribution in [0.5, 0.6) is 0 Å². The van der Waals surface area contributed by atoms with Gasteiger partial charge in [0.25, 0.3) is 0 Å². The van der Waals surface area contributed by atoms with Crippen LogP contribution in [-0.4, -0.2) is 29.2 Å². The van der Waals surface area contributed by atoms with Crippen LogP contribution in [0.4, 0.5) is 4.39 Å². The average Bonchev–Trinajstić information content (AvgIpc) is 2.73. The SMILES string of the molecule is CO[C@H]1CC(Cn2cc(Br)cn2)C[C@@H]1F. The highest BCUT2D eigenvalue weighted by atomic mass is 79.9. The Balaban J connectivity index is 1.92. The molecule has 0 spiro atoms. The first-order valence-corrected chi connectivity index (χ1v) is 5.83. The Morgan fingerprint density at radius 2 is 2.47 bits per heavy atom. The van der Waals surface area contributed by atoms with E-state index in [2.05, 4.69) is 21.0 Å². The van der Waals surface area contributed by atoms with Crippen LogP contribution in [0.1, 0.15) is 12.8 Å². The summed E-state index contributed by atoms with van der Waals surface area (Å²) < 4.78 is 21.3. The van der Waals surface area contributed by atoms with Gasteiger partial charge < -0.3 is 4.74 Å². The van der Waals surface area contributed by atoms with Crippen LogP contribution >= 0.6 is 15.9 Å². The Morgan fingerprint density at radius 1 is 1.67 bits per heavy atom. The van der Waals surface area contributed by atoms with E-state index in [1.807, 2.05) is 10.9 Å². The second-order valence-corrected chi connectivity index (χ2v) is 4.92. The summed E-state index contributed by atoms with van der Waals surface area (Å²) in [5.41, 5.74) is 0. The molecule has 1 heterocycles. The van der Waals surface area contributed by atoms with Gasteiger partial charge >= 0.3 is 0 Å². The molecular weight excluding hydrogens is 263 g/mol. The van der Waals surface area contributed by atoms with Crippen molar-refractivity contribution in [1.29, 1.82) is 0 Å². The van der Waals surface area contributed by atoms with E-state index in [0.717, 1.165) is 17.4 Å². The van der Waals surface area contributed by atoms with Crippen LogP contribution in [0.3, 0.4) is 0 Å². The molecule has 1 aromatic heterocycles. The minimum atomic E-state index is -0.820. The fraction of sp³-hybridized carbons (Fsp3) is 0.700. The number of nitrogens with zero attached hydrogens (tertiary/aromatic N) is 2. The molecule has 1 aliphatic carbocycles. The molecule has 3 atom stereocenters. The first-order chi connectivity index (χ1) is 7.19. The predicted molar refractivity (Wildman–Crippen MR) is 58.3 cm³/mol. The summed E-state index contributed by atoms with van der Waals surface area (Å²) in [6.45, 7) is 0.770. The molecule has 1 unspecified atom stereocenters. The van der Waals surface area contributed by atoms with E-state index in [1.54, 1.807) is 13.3 Å². The maximum Gasteiger partial charge on any atom is 0.126 e. The third-order valence-electron chi connectivity index (χ3n) is 2.88. The Hall–Kier alpha value is -0.420. The number of ether oxygens (including phenoxy) is 1. The first-order valence-electron chi connectivity index (χ1n) is 5.04. The normalized spacial score (nSPS) is 31.0. The minimum absolute atomic E-state index is 0.228. The topological polar surface area (TPSA) is 27.1 Å². The van der Waals surface area contributed by atoms with Gasteiger partial charge in [0.05, 0.1) is 16.8 Å². The molecule has 0 N–H and O–H groups in total. The fourth-order valence-electron chi connectivity index (χ4n) is 2.14. The minimum Gasteiger partial charge on any atom is -0.378 e. The van der Waals surface area contributed by atoms with Gasteiger partial charge in [0.1, 0.15) is 6.17 Å². The van der Waals surface area contributed by atoms with Gasteiger partial charge in [0.15, 0.2) is 0 Å². The van der Waals surface area contributed by atoms with E-state index < -0.39 is 6.17 Å². The zero-order valence-electron chi connectivity index (χ0n) is 8.57. The van der Waals surface area contributed by atoms with Crippen LogP contribution in [0, 0.1) is 5.92 Å². The number of alkyl halides is 1. The van der Waals surface area contributed by atoms with Crippen LogP contribution in [0.15, 0.2) is 16.9 Å². The van der Waals surface area contributed by atoms with Gasteiger partial charge in [-0.15, -0.1) is 0 Å². The number of halogens is 2. The summed E-state index contributed by atoms with van der Waals surface area (Å²) >= 11 is 3.34.